The normalized spacial score (nSPS) is 11.4. The highest BCUT2D eigenvalue weighted by atomic mass is 16.5. The number of hydrogen-bond donors (Lipinski definition) is 0. The lowest BCUT2D eigenvalue weighted by Gasteiger charge is -2.15. The summed E-state index contributed by atoms with van der Waals surface area (Å²) in [6.45, 7) is 19.1. The Morgan fingerprint density at radius 1 is 0.720 bits per heavy atom. The Labute approximate surface area is 154 Å². The van der Waals surface area contributed by atoms with Gasteiger partial charge in [0.15, 0.2) is 0 Å². The van der Waals surface area contributed by atoms with Crippen LogP contribution in [-0.4, -0.2) is 38.4 Å². The smallest absolute Gasteiger partial charge is 0.310 e. The second-order valence-corrected chi connectivity index (χ2v) is 8.96. The third-order valence-corrected chi connectivity index (χ3v) is 3.22. The van der Waals surface area contributed by atoms with Gasteiger partial charge in [0.25, 0.3) is 0 Å². The molecule has 0 bridgehead atoms. The van der Waals surface area contributed by atoms with Gasteiger partial charge in [-0.15, -0.1) is 0 Å². The molecule has 0 rings (SSSR count). The fraction of sp³-hybridized carbons (Fsp3) is 0.850. The number of methoxy groups -OCH3 is 2. The summed E-state index contributed by atoms with van der Waals surface area (Å²) in [5.41, 5.74) is -0.701. The molecule has 0 aliphatic heterocycles. The fourth-order valence-corrected chi connectivity index (χ4v) is 0.876. The first kappa shape index (κ1) is 28.6. The Morgan fingerprint density at radius 2 is 1.08 bits per heavy atom. The predicted octanol–water partition coefficient (Wildman–Crippen LogP) is 4.47. The highest BCUT2D eigenvalue weighted by molar-refractivity contribution is 5.83. The summed E-state index contributed by atoms with van der Waals surface area (Å²) in [5.74, 6) is 0.333. The predicted molar refractivity (Wildman–Crippen MR) is 103 cm³/mol. The molecule has 0 unspecified atom stereocenters. The Balaban J connectivity index is -0.000000296. The molecule has 0 N–H and O–H groups in total. The van der Waals surface area contributed by atoms with Crippen molar-refractivity contribution in [1.29, 1.82) is 0 Å². The van der Waals surface area contributed by atoms with Crippen LogP contribution in [0.5, 0.6) is 0 Å². The van der Waals surface area contributed by atoms with Gasteiger partial charge in [0.1, 0.15) is 11.6 Å². The summed E-state index contributed by atoms with van der Waals surface area (Å²) in [6.07, 6.45) is 0.528. The van der Waals surface area contributed by atoms with Crippen molar-refractivity contribution in [1.82, 2.24) is 0 Å². The van der Waals surface area contributed by atoms with Crippen LogP contribution in [0, 0.1) is 16.2 Å². The highest BCUT2D eigenvalue weighted by Gasteiger charge is 2.21. The molecular weight excluding hydrogens is 320 g/mol. The van der Waals surface area contributed by atoms with Crippen LogP contribution in [0.3, 0.4) is 0 Å². The van der Waals surface area contributed by atoms with Crippen molar-refractivity contribution >= 4 is 17.5 Å². The molecule has 0 aromatic heterocycles. The van der Waals surface area contributed by atoms with Crippen molar-refractivity contribution < 1.29 is 23.9 Å². The van der Waals surface area contributed by atoms with E-state index in [1.807, 2.05) is 62.3 Å². The topological polar surface area (TPSA) is 69.7 Å². The molecule has 150 valence electrons. The van der Waals surface area contributed by atoms with Gasteiger partial charge < -0.3 is 9.47 Å². The van der Waals surface area contributed by atoms with Gasteiger partial charge in [-0.25, -0.2) is 0 Å². The number of hydrogen-bond acceptors (Lipinski definition) is 5. The third-order valence-electron chi connectivity index (χ3n) is 3.22. The van der Waals surface area contributed by atoms with Crippen molar-refractivity contribution in [2.75, 3.05) is 20.8 Å². The standard InChI is InChI=1S/C8H16O2.C6H12O2.C6H12O/c1-8(2,3)7(9)5-6-10-4;1-6(2,3)5(7)8-4;1-5(7)6(2,3)4/h5-6H2,1-4H3;1-4H3;1-4H3. The summed E-state index contributed by atoms with van der Waals surface area (Å²) >= 11 is 0. The van der Waals surface area contributed by atoms with Gasteiger partial charge in [-0.1, -0.05) is 41.5 Å². The van der Waals surface area contributed by atoms with Crippen LogP contribution in [-0.2, 0) is 23.9 Å². The largest absolute Gasteiger partial charge is 0.469 e. The molecule has 0 radical (unpaired) electrons. The maximum Gasteiger partial charge on any atom is 0.310 e. The molecule has 0 heterocycles. The molecule has 0 aliphatic rings. The zero-order chi connectivity index (χ0) is 21.1. The van der Waals surface area contributed by atoms with Crippen molar-refractivity contribution in [2.24, 2.45) is 16.2 Å². The van der Waals surface area contributed by atoms with Gasteiger partial charge in [-0.2, -0.15) is 0 Å². The first-order chi connectivity index (χ1) is 10.9. The Morgan fingerprint density at radius 3 is 1.20 bits per heavy atom. The van der Waals surface area contributed by atoms with Crippen LogP contribution in [0.1, 0.15) is 75.7 Å². The van der Waals surface area contributed by atoms with E-state index in [1.165, 1.54) is 7.11 Å². The quantitative estimate of drug-likeness (QED) is 0.695. The van der Waals surface area contributed by atoms with E-state index in [-0.39, 0.29) is 33.8 Å². The first-order valence-electron chi connectivity index (χ1n) is 8.53. The van der Waals surface area contributed by atoms with Gasteiger partial charge in [-0.05, 0) is 27.7 Å². The van der Waals surface area contributed by atoms with Gasteiger partial charge in [0.05, 0.1) is 19.1 Å². The molecular formula is C20H40O5. The van der Waals surface area contributed by atoms with Gasteiger partial charge >= 0.3 is 5.97 Å². The molecule has 0 aromatic rings. The lowest BCUT2D eigenvalue weighted by atomic mass is 9.89. The van der Waals surface area contributed by atoms with E-state index in [1.54, 1.807) is 14.0 Å². The fourth-order valence-electron chi connectivity index (χ4n) is 0.876. The molecule has 0 aromatic carbocycles. The average Bonchev–Trinajstić information content (AvgIpc) is 2.41. The summed E-state index contributed by atoms with van der Waals surface area (Å²) in [7, 11) is 3.00. The lowest BCUT2D eigenvalue weighted by molar-refractivity contribution is -0.149. The molecule has 0 amide bonds. The molecule has 5 nitrogen and oxygen atoms in total. The van der Waals surface area contributed by atoms with E-state index >= 15 is 0 Å². The first-order valence-corrected chi connectivity index (χ1v) is 8.53. The number of esters is 1. The van der Waals surface area contributed by atoms with E-state index in [0.717, 1.165) is 0 Å². The maximum atomic E-state index is 11.1. The minimum atomic E-state index is -0.352. The Kier molecular flexibility index (Phi) is 13.9. The van der Waals surface area contributed by atoms with Crippen LogP contribution >= 0.6 is 0 Å². The SMILES string of the molecule is CC(=O)C(C)(C)C.COC(=O)C(C)(C)C.COCCC(=O)C(C)(C)C. The number of Topliss-reactive ketones (excluding diaryl/α,β-unsaturated/α-hetero) is 2. The third kappa shape index (κ3) is 18.9. The minimum absolute atomic E-state index is 0.139. The molecule has 25 heavy (non-hydrogen) atoms. The molecule has 5 heteroatoms. The zero-order valence-corrected chi connectivity index (χ0v) is 18.5. The zero-order valence-electron chi connectivity index (χ0n) is 18.5. The summed E-state index contributed by atoms with van der Waals surface area (Å²) < 4.78 is 9.26. The van der Waals surface area contributed by atoms with Crippen LogP contribution in [0.25, 0.3) is 0 Å². The number of ether oxygens (including phenoxy) is 2. The van der Waals surface area contributed by atoms with Crippen LogP contribution in [0.4, 0.5) is 0 Å². The maximum absolute atomic E-state index is 11.1. The number of carbonyl (C=O) groups is 3. The van der Waals surface area contributed by atoms with E-state index in [9.17, 15) is 14.4 Å². The van der Waals surface area contributed by atoms with Crippen molar-refractivity contribution in [2.45, 2.75) is 75.7 Å². The molecule has 0 saturated carbocycles. The van der Waals surface area contributed by atoms with Gasteiger partial charge in [0.2, 0.25) is 0 Å². The van der Waals surface area contributed by atoms with E-state index in [4.69, 9.17) is 4.74 Å². The number of ketones is 2. The second kappa shape index (κ2) is 12.2. The van der Waals surface area contributed by atoms with Crippen LogP contribution in [0.15, 0.2) is 0 Å². The van der Waals surface area contributed by atoms with Crippen LogP contribution < -0.4 is 0 Å². The van der Waals surface area contributed by atoms with Crippen molar-refractivity contribution in [3.05, 3.63) is 0 Å². The van der Waals surface area contributed by atoms with Crippen LogP contribution in [0.2, 0.25) is 0 Å². The molecule has 0 atom stereocenters. The lowest BCUT2D eigenvalue weighted by Crippen LogP contribution is -2.21. The molecule has 0 aliphatic carbocycles. The highest BCUT2D eigenvalue weighted by Crippen LogP contribution is 2.16. The average molecular weight is 361 g/mol. The second-order valence-electron chi connectivity index (χ2n) is 8.96. The van der Waals surface area contributed by atoms with Gasteiger partial charge in [-0.3, -0.25) is 14.4 Å². The summed E-state index contributed by atoms with van der Waals surface area (Å²) in [6, 6.07) is 0. The molecule has 0 spiro atoms. The number of carbonyl (C=O) groups excluding carboxylic acids is 3. The van der Waals surface area contributed by atoms with Gasteiger partial charge in [0, 0.05) is 24.4 Å². The van der Waals surface area contributed by atoms with E-state index in [0.29, 0.717) is 13.0 Å². The summed E-state index contributed by atoms with van der Waals surface area (Å²) in [4.78, 5) is 32.2. The van der Waals surface area contributed by atoms with Crippen molar-refractivity contribution in [3.8, 4) is 0 Å². The summed E-state index contributed by atoms with van der Waals surface area (Å²) in [5, 5.41) is 0. The van der Waals surface area contributed by atoms with E-state index < -0.39 is 0 Å². The Bertz CT molecular complexity index is 403. The minimum Gasteiger partial charge on any atom is -0.469 e. The molecule has 0 saturated heterocycles. The van der Waals surface area contributed by atoms with E-state index in [2.05, 4.69) is 4.74 Å². The Hall–Kier alpha value is -1.23. The monoisotopic (exact) mass is 360 g/mol. The number of rotatable bonds is 3. The molecule has 0 fully saturated rings. The van der Waals surface area contributed by atoms with Crippen molar-refractivity contribution in [3.63, 3.8) is 0 Å².